The lowest BCUT2D eigenvalue weighted by molar-refractivity contribution is 0.112. The fraction of sp³-hybridized carbons (Fsp3) is 0.364. The van der Waals surface area contributed by atoms with Crippen LogP contribution in [-0.2, 0) is 12.8 Å². The first-order valence-corrected chi connectivity index (χ1v) is 4.39. The maximum absolute atomic E-state index is 10.7. The molecule has 0 atom stereocenters. The Morgan fingerprint density at radius 3 is 2.75 bits per heavy atom. The van der Waals surface area contributed by atoms with Crippen molar-refractivity contribution in [2.45, 2.75) is 26.2 Å². The van der Waals surface area contributed by atoms with Crippen molar-refractivity contribution in [3.8, 4) is 0 Å². The summed E-state index contributed by atoms with van der Waals surface area (Å²) in [7, 11) is 0. The summed E-state index contributed by atoms with van der Waals surface area (Å²) in [6.45, 7) is 2.12. The van der Waals surface area contributed by atoms with Gasteiger partial charge in [0.15, 0.2) is 0 Å². The molecule has 0 aromatic heterocycles. The lowest BCUT2D eigenvalue weighted by atomic mass is 10.00. The zero-order valence-electron chi connectivity index (χ0n) is 7.26. The topological polar surface area (TPSA) is 17.1 Å². The lowest BCUT2D eigenvalue weighted by Crippen LogP contribution is -1.93. The molecule has 1 heteroatoms. The molecule has 0 spiro atoms. The molecular weight excluding hydrogens is 148 g/mol. The summed E-state index contributed by atoms with van der Waals surface area (Å²) < 4.78 is 0. The molecule has 0 fully saturated rings. The molecule has 0 heterocycles. The van der Waals surface area contributed by atoms with Gasteiger partial charge in [0.05, 0.1) is 0 Å². The third kappa shape index (κ3) is 0.970. The third-order valence-corrected chi connectivity index (χ3v) is 2.68. The van der Waals surface area contributed by atoms with E-state index in [-0.39, 0.29) is 0 Å². The predicted molar refractivity (Wildman–Crippen MR) is 48.6 cm³/mol. The van der Waals surface area contributed by atoms with Crippen molar-refractivity contribution in [3.05, 3.63) is 34.4 Å². The van der Waals surface area contributed by atoms with E-state index in [1.165, 1.54) is 23.1 Å². The number of hydrogen-bond donors (Lipinski definition) is 0. The zero-order valence-corrected chi connectivity index (χ0v) is 7.26. The first-order chi connectivity index (χ1) is 5.83. The van der Waals surface area contributed by atoms with Crippen LogP contribution in [0.1, 0.15) is 33.5 Å². The fourth-order valence-electron chi connectivity index (χ4n) is 2.02. The Morgan fingerprint density at radius 2 is 2.00 bits per heavy atom. The average Bonchev–Trinajstić information content (AvgIpc) is 2.54. The van der Waals surface area contributed by atoms with Crippen LogP contribution in [0.5, 0.6) is 0 Å². The van der Waals surface area contributed by atoms with Crippen LogP contribution in [0.15, 0.2) is 12.1 Å². The average molecular weight is 160 g/mol. The standard InChI is InChI=1S/C11H12O/c1-8-5-6-9(7-12)11-4-2-3-10(8)11/h5-7H,2-4H2,1H3. The molecule has 0 N–H and O–H groups in total. The third-order valence-electron chi connectivity index (χ3n) is 2.68. The Morgan fingerprint density at radius 1 is 1.25 bits per heavy atom. The SMILES string of the molecule is Cc1ccc(C=O)c2c1CCC2. The molecule has 0 aliphatic heterocycles. The van der Waals surface area contributed by atoms with Crippen LogP contribution in [0.2, 0.25) is 0 Å². The van der Waals surface area contributed by atoms with Crippen LogP contribution in [0.25, 0.3) is 0 Å². The first kappa shape index (κ1) is 7.53. The summed E-state index contributed by atoms with van der Waals surface area (Å²) in [6, 6.07) is 3.99. The monoisotopic (exact) mass is 160 g/mol. The highest BCUT2D eigenvalue weighted by atomic mass is 16.1. The van der Waals surface area contributed by atoms with Crippen LogP contribution in [0.4, 0.5) is 0 Å². The predicted octanol–water partition coefficient (Wildman–Crippen LogP) is 2.30. The number of fused-ring (bicyclic) bond motifs is 1. The maximum atomic E-state index is 10.7. The molecule has 12 heavy (non-hydrogen) atoms. The maximum Gasteiger partial charge on any atom is 0.150 e. The number of aldehydes is 1. The van der Waals surface area contributed by atoms with E-state index in [1.807, 2.05) is 12.1 Å². The molecule has 1 aliphatic rings. The molecule has 2 rings (SSSR count). The number of hydrogen-bond acceptors (Lipinski definition) is 1. The van der Waals surface area contributed by atoms with E-state index in [4.69, 9.17) is 0 Å². The minimum absolute atomic E-state index is 0.896. The number of carbonyl (C=O) groups is 1. The molecule has 0 unspecified atom stereocenters. The summed E-state index contributed by atoms with van der Waals surface area (Å²) >= 11 is 0. The van der Waals surface area contributed by atoms with Crippen LogP contribution >= 0.6 is 0 Å². The molecule has 62 valence electrons. The molecule has 0 saturated carbocycles. The number of carbonyl (C=O) groups excluding carboxylic acids is 1. The number of aryl methyl sites for hydroxylation is 1. The molecule has 0 bridgehead atoms. The van der Waals surface area contributed by atoms with E-state index in [0.29, 0.717) is 0 Å². The van der Waals surface area contributed by atoms with Crippen LogP contribution in [-0.4, -0.2) is 6.29 Å². The second kappa shape index (κ2) is 2.74. The summed E-state index contributed by atoms with van der Waals surface area (Å²) in [5.74, 6) is 0. The van der Waals surface area contributed by atoms with E-state index >= 15 is 0 Å². The van der Waals surface area contributed by atoms with Gasteiger partial charge in [-0.2, -0.15) is 0 Å². The highest BCUT2D eigenvalue weighted by Crippen LogP contribution is 2.27. The summed E-state index contributed by atoms with van der Waals surface area (Å²) in [5, 5.41) is 0. The summed E-state index contributed by atoms with van der Waals surface area (Å²) in [6.07, 6.45) is 4.43. The van der Waals surface area contributed by atoms with Crippen molar-refractivity contribution >= 4 is 6.29 Å². The summed E-state index contributed by atoms with van der Waals surface area (Å²) in [4.78, 5) is 10.7. The van der Waals surface area contributed by atoms with E-state index in [9.17, 15) is 4.79 Å². The Bertz CT molecular complexity index is 326. The van der Waals surface area contributed by atoms with Crippen LogP contribution < -0.4 is 0 Å². The van der Waals surface area contributed by atoms with Gasteiger partial charge in [-0.15, -0.1) is 0 Å². The fourth-order valence-corrected chi connectivity index (χ4v) is 2.02. The summed E-state index contributed by atoms with van der Waals surface area (Å²) in [5.41, 5.74) is 4.95. The Kier molecular flexibility index (Phi) is 1.72. The normalized spacial score (nSPS) is 14.4. The molecular formula is C11H12O. The van der Waals surface area contributed by atoms with Crippen LogP contribution in [0.3, 0.4) is 0 Å². The quantitative estimate of drug-likeness (QED) is 0.576. The molecule has 1 aromatic carbocycles. The highest BCUT2D eigenvalue weighted by Gasteiger charge is 2.15. The van der Waals surface area contributed by atoms with E-state index < -0.39 is 0 Å². The van der Waals surface area contributed by atoms with Gasteiger partial charge < -0.3 is 0 Å². The van der Waals surface area contributed by atoms with Crippen molar-refractivity contribution < 1.29 is 4.79 Å². The van der Waals surface area contributed by atoms with Gasteiger partial charge in [0, 0.05) is 5.56 Å². The first-order valence-electron chi connectivity index (χ1n) is 4.39. The largest absolute Gasteiger partial charge is 0.298 e. The van der Waals surface area contributed by atoms with Crippen molar-refractivity contribution in [1.29, 1.82) is 0 Å². The number of benzene rings is 1. The molecule has 1 aliphatic carbocycles. The zero-order chi connectivity index (χ0) is 8.55. The van der Waals surface area contributed by atoms with Gasteiger partial charge in [-0.25, -0.2) is 0 Å². The van der Waals surface area contributed by atoms with Gasteiger partial charge in [0.25, 0.3) is 0 Å². The van der Waals surface area contributed by atoms with E-state index in [2.05, 4.69) is 6.92 Å². The molecule has 0 amide bonds. The lowest BCUT2D eigenvalue weighted by Gasteiger charge is -2.05. The Balaban J connectivity index is 2.64. The van der Waals surface area contributed by atoms with Crippen molar-refractivity contribution in [3.63, 3.8) is 0 Å². The highest BCUT2D eigenvalue weighted by molar-refractivity contribution is 5.78. The van der Waals surface area contributed by atoms with E-state index in [1.54, 1.807) is 0 Å². The minimum atomic E-state index is 0.896. The minimum Gasteiger partial charge on any atom is -0.298 e. The van der Waals surface area contributed by atoms with Crippen molar-refractivity contribution in [2.24, 2.45) is 0 Å². The van der Waals surface area contributed by atoms with Gasteiger partial charge in [-0.3, -0.25) is 4.79 Å². The molecule has 1 nitrogen and oxygen atoms in total. The second-order valence-corrected chi connectivity index (χ2v) is 3.40. The number of rotatable bonds is 1. The van der Waals surface area contributed by atoms with Gasteiger partial charge in [0.2, 0.25) is 0 Å². The van der Waals surface area contributed by atoms with Gasteiger partial charge in [-0.1, -0.05) is 12.1 Å². The van der Waals surface area contributed by atoms with Crippen LogP contribution in [0, 0.1) is 6.92 Å². The van der Waals surface area contributed by atoms with Crippen molar-refractivity contribution in [1.82, 2.24) is 0 Å². The Hall–Kier alpha value is -1.11. The van der Waals surface area contributed by atoms with E-state index in [0.717, 1.165) is 24.7 Å². The molecule has 0 radical (unpaired) electrons. The smallest absolute Gasteiger partial charge is 0.150 e. The Labute approximate surface area is 72.4 Å². The van der Waals surface area contributed by atoms with Gasteiger partial charge in [-0.05, 0) is 42.9 Å². The van der Waals surface area contributed by atoms with Crippen molar-refractivity contribution in [2.75, 3.05) is 0 Å². The van der Waals surface area contributed by atoms with Gasteiger partial charge >= 0.3 is 0 Å². The molecule has 1 aromatic rings. The molecule has 0 saturated heterocycles. The van der Waals surface area contributed by atoms with Gasteiger partial charge in [0.1, 0.15) is 6.29 Å². The second-order valence-electron chi connectivity index (χ2n) is 3.40.